The highest BCUT2D eigenvalue weighted by atomic mass is 79.9. The fourth-order valence-corrected chi connectivity index (χ4v) is 2.00. The molecule has 2 N–H and O–H groups in total. The first kappa shape index (κ1) is 11.4. The van der Waals surface area contributed by atoms with Crippen molar-refractivity contribution in [1.29, 1.82) is 0 Å². The Hall–Kier alpha value is -1.13. The van der Waals surface area contributed by atoms with Gasteiger partial charge < -0.3 is 5.73 Å². The quantitative estimate of drug-likeness (QED) is 0.919. The monoisotopic (exact) mass is 279 g/mol. The van der Waals surface area contributed by atoms with Crippen LogP contribution < -0.4 is 5.73 Å². The van der Waals surface area contributed by atoms with Crippen molar-refractivity contribution in [1.82, 2.24) is 9.78 Å². The molecular formula is C12H14BrN3. The highest BCUT2D eigenvalue weighted by Crippen LogP contribution is 2.24. The van der Waals surface area contributed by atoms with E-state index in [4.69, 9.17) is 5.73 Å². The zero-order valence-corrected chi connectivity index (χ0v) is 11.0. The fraction of sp³-hybridized carbons (Fsp3) is 0.250. The zero-order chi connectivity index (χ0) is 11.7. The van der Waals surface area contributed by atoms with Crippen LogP contribution in [0.5, 0.6) is 0 Å². The van der Waals surface area contributed by atoms with Gasteiger partial charge in [-0.3, -0.25) is 0 Å². The minimum Gasteiger partial charge on any atom is -0.326 e. The lowest BCUT2D eigenvalue weighted by Crippen LogP contribution is -2.06. The molecule has 0 saturated heterocycles. The largest absolute Gasteiger partial charge is 0.326 e. The third kappa shape index (κ3) is 1.79. The summed E-state index contributed by atoms with van der Waals surface area (Å²) in [6, 6.07) is 8.05. The SMILES string of the molecule is Cc1nn(-c2ccccc2CN)c(C)c1Br. The van der Waals surface area contributed by atoms with E-state index in [0.29, 0.717) is 6.54 Å². The van der Waals surface area contributed by atoms with Crippen LogP contribution in [0.4, 0.5) is 0 Å². The van der Waals surface area contributed by atoms with Crippen LogP contribution in [-0.2, 0) is 6.54 Å². The van der Waals surface area contributed by atoms with Crippen LogP contribution in [0.2, 0.25) is 0 Å². The normalized spacial score (nSPS) is 10.8. The molecule has 0 saturated carbocycles. The highest BCUT2D eigenvalue weighted by Gasteiger charge is 2.11. The fourth-order valence-electron chi connectivity index (χ4n) is 1.75. The lowest BCUT2D eigenvalue weighted by molar-refractivity contribution is 0.817. The molecule has 0 fully saturated rings. The number of rotatable bonds is 2. The van der Waals surface area contributed by atoms with E-state index in [1.807, 2.05) is 42.8 Å². The van der Waals surface area contributed by atoms with E-state index in [1.54, 1.807) is 0 Å². The Labute approximate surface area is 103 Å². The summed E-state index contributed by atoms with van der Waals surface area (Å²) in [5.74, 6) is 0. The lowest BCUT2D eigenvalue weighted by atomic mass is 10.2. The van der Waals surface area contributed by atoms with Crippen molar-refractivity contribution >= 4 is 15.9 Å². The molecule has 0 spiro atoms. The van der Waals surface area contributed by atoms with Gasteiger partial charge in [0.1, 0.15) is 0 Å². The number of nitrogens with zero attached hydrogens (tertiary/aromatic N) is 2. The predicted molar refractivity (Wildman–Crippen MR) is 68.6 cm³/mol. The summed E-state index contributed by atoms with van der Waals surface area (Å²) in [4.78, 5) is 0. The molecule has 4 heteroatoms. The molecular weight excluding hydrogens is 266 g/mol. The van der Waals surface area contributed by atoms with Crippen LogP contribution in [0.3, 0.4) is 0 Å². The van der Waals surface area contributed by atoms with Crippen molar-refractivity contribution in [2.45, 2.75) is 20.4 Å². The molecule has 0 unspecified atom stereocenters. The van der Waals surface area contributed by atoms with E-state index in [9.17, 15) is 0 Å². The van der Waals surface area contributed by atoms with Crippen LogP contribution in [0.25, 0.3) is 5.69 Å². The minimum absolute atomic E-state index is 0.520. The van der Waals surface area contributed by atoms with Gasteiger partial charge in [-0.1, -0.05) is 18.2 Å². The summed E-state index contributed by atoms with van der Waals surface area (Å²) >= 11 is 3.53. The van der Waals surface area contributed by atoms with E-state index in [-0.39, 0.29) is 0 Å². The first-order chi connectivity index (χ1) is 7.65. The number of para-hydroxylation sites is 1. The Kier molecular flexibility index (Phi) is 3.12. The number of benzene rings is 1. The Morgan fingerprint density at radius 2 is 2.00 bits per heavy atom. The van der Waals surface area contributed by atoms with Gasteiger partial charge in [0.25, 0.3) is 0 Å². The Morgan fingerprint density at radius 3 is 2.56 bits per heavy atom. The maximum absolute atomic E-state index is 5.73. The molecule has 1 aromatic carbocycles. The summed E-state index contributed by atoms with van der Waals surface area (Å²) in [6.45, 7) is 4.54. The maximum atomic E-state index is 5.73. The maximum Gasteiger partial charge on any atom is 0.0743 e. The topological polar surface area (TPSA) is 43.8 Å². The molecule has 0 amide bonds. The third-order valence-electron chi connectivity index (χ3n) is 2.64. The molecule has 0 aliphatic carbocycles. The van der Waals surface area contributed by atoms with Crippen molar-refractivity contribution < 1.29 is 0 Å². The van der Waals surface area contributed by atoms with Crippen LogP contribution in [-0.4, -0.2) is 9.78 Å². The Balaban J connectivity index is 2.63. The summed E-state index contributed by atoms with van der Waals surface area (Å²) in [5.41, 5.74) is 9.97. The first-order valence-electron chi connectivity index (χ1n) is 5.15. The summed E-state index contributed by atoms with van der Waals surface area (Å²) < 4.78 is 2.99. The number of halogens is 1. The number of aromatic nitrogens is 2. The van der Waals surface area contributed by atoms with Gasteiger partial charge in [-0.2, -0.15) is 5.10 Å². The van der Waals surface area contributed by atoms with E-state index in [2.05, 4.69) is 21.0 Å². The number of hydrogen-bond donors (Lipinski definition) is 1. The van der Waals surface area contributed by atoms with E-state index in [0.717, 1.165) is 27.1 Å². The second-order valence-electron chi connectivity index (χ2n) is 3.73. The molecule has 3 nitrogen and oxygen atoms in total. The average molecular weight is 280 g/mol. The predicted octanol–water partition coefficient (Wildman–Crippen LogP) is 2.71. The first-order valence-corrected chi connectivity index (χ1v) is 5.94. The Morgan fingerprint density at radius 1 is 1.31 bits per heavy atom. The molecule has 84 valence electrons. The molecule has 0 aliphatic rings. The summed E-state index contributed by atoms with van der Waals surface area (Å²) in [7, 11) is 0. The minimum atomic E-state index is 0.520. The van der Waals surface area contributed by atoms with Crippen molar-refractivity contribution in [3.05, 3.63) is 45.7 Å². The molecule has 2 rings (SSSR count). The molecule has 0 aliphatic heterocycles. The molecule has 2 aromatic rings. The van der Waals surface area contributed by atoms with E-state index in [1.165, 1.54) is 0 Å². The van der Waals surface area contributed by atoms with Crippen LogP contribution in [0, 0.1) is 13.8 Å². The molecule has 0 atom stereocenters. The zero-order valence-electron chi connectivity index (χ0n) is 9.37. The standard InChI is InChI=1S/C12H14BrN3/c1-8-12(13)9(2)16(15-8)11-6-4-3-5-10(11)7-14/h3-6H,7,14H2,1-2H3. The Bertz CT molecular complexity index is 517. The smallest absolute Gasteiger partial charge is 0.0743 e. The molecule has 1 aromatic heterocycles. The third-order valence-corrected chi connectivity index (χ3v) is 3.79. The molecule has 1 heterocycles. The van der Waals surface area contributed by atoms with E-state index >= 15 is 0 Å². The van der Waals surface area contributed by atoms with Crippen LogP contribution in [0.15, 0.2) is 28.7 Å². The van der Waals surface area contributed by atoms with Crippen molar-refractivity contribution in [3.63, 3.8) is 0 Å². The van der Waals surface area contributed by atoms with Crippen molar-refractivity contribution in [2.24, 2.45) is 5.73 Å². The number of nitrogens with two attached hydrogens (primary N) is 1. The molecule has 0 radical (unpaired) electrons. The second kappa shape index (κ2) is 4.39. The highest BCUT2D eigenvalue weighted by molar-refractivity contribution is 9.10. The van der Waals surface area contributed by atoms with Crippen molar-refractivity contribution in [2.75, 3.05) is 0 Å². The van der Waals surface area contributed by atoms with Crippen molar-refractivity contribution in [3.8, 4) is 5.69 Å². The van der Waals surface area contributed by atoms with Gasteiger partial charge in [-0.25, -0.2) is 4.68 Å². The van der Waals surface area contributed by atoms with Gasteiger partial charge in [-0.15, -0.1) is 0 Å². The lowest BCUT2D eigenvalue weighted by Gasteiger charge is -2.09. The van der Waals surface area contributed by atoms with Crippen LogP contribution in [0.1, 0.15) is 17.0 Å². The van der Waals surface area contributed by atoms with Gasteiger partial charge in [0, 0.05) is 6.54 Å². The summed E-state index contributed by atoms with van der Waals surface area (Å²) in [6.07, 6.45) is 0. The van der Waals surface area contributed by atoms with Gasteiger partial charge in [0.15, 0.2) is 0 Å². The van der Waals surface area contributed by atoms with E-state index < -0.39 is 0 Å². The van der Waals surface area contributed by atoms with Gasteiger partial charge in [0.05, 0.1) is 21.5 Å². The second-order valence-corrected chi connectivity index (χ2v) is 4.52. The van der Waals surface area contributed by atoms with Gasteiger partial charge >= 0.3 is 0 Å². The van der Waals surface area contributed by atoms with Gasteiger partial charge in [0.2, 0.25) is 0 Å². The van der Waals surface area contributed by atoms with Gasteiger partial charge in [-0.05, 0) is 41.4 Å². The average Bonchev–Trinajstić information content (AvgIpc) is 2.57. The molecule has 16 heavy (non-hydrogen) atoms. The number of hydrogen-bond acceptors (Lipinski definition) is 2. The summed E-state index contributed by atoms with van der Waals surface area (Å²) in [5, 5.41) is 4.50. The van der Waals surface area contributed by atoms with Crippen LogP contribution >= 0.6 is 15.9 Å². The number of aryl methyl sites for hydroxylation is 1. The molecule has 0 bridgehead atoms.